The number of benzene rings is 1. The van der Waals surface area contributed by atoms with Crippen molar-refractivity contribution in [1.82, 2.24) is 9.80 Å². The van der Waals surface area contributed by atoms with Gasteiger partial charge in [-0.1, -0.05) is 26.0 Å². The molecule has 2 aliphatic rings. The predicted octanol–water partition coefficient (Wildman–Crippen LogP) is 1.16. The first-order valence-electron chi connectivity index (χ1n) is 8.68. The van der Waals surface area contributed by atoms with E-state index < -0.39 is 9.84 Å². The molecule has 0 bridgehead atoms. The second-order valence-electron chi connectivity index (χ2n) is 7.22. The number of carbonyl (C=O) groups is 1. The third-order valence-corrected chi connectivity index (χ3v) is 6.79. The molecule has 6 nitrogen and oxygen atoms in total. The zero-order valence-corrected chi connectivity index (χ0v) is 15.8. The van der Waals surface area contributed by atoms with E-state index >= 15 is 0 Å². The summed E-state index contributed by atoms with van der Waals surface area (Å²) in [6, 6.07) is 7.46. The molecular weight excluding hydrogens is 340 g/mol. The summed E-state index contributed by atoms with van der Waals surface area (Å²) in [5, 5.41) is 0. The van der Waals surface area contributed by atoms with E-state index in [1.165, 1.54) is 0 Å². The number of fused-ring (bicyclic) bond motifs is 1. The molecule has 7 heteroatoms. The first kappa shape index (κ1) is 18.2. The Morgan fingerprint density at radius 3 is 2.64 bits per heavy atom. The van der Waals surface area contributed by atoms with E-state index in [0.717, 1.165) is 11.3 Å². The molecule has 0 saturated carbocycles. The summed E-state index contributed by atoms with van der Waals surface area (Å²) in [5.74, 6) is 0.928. The predicted molar refractivity (Wildman–Crippen MR) is 96.2 cm³/mol. The van der Waals surface area contributed by atoms with Crippen LogP contribution < -0.4 is 4.74 Å². The number of carbonyl (C=O) groups excluding carboxylic acids is 1. The number of methoxy groups -OCH3 is 1. The summed E-state index contributed by atoms with van der Waals surface area (Å²) in [7, 11) is -1.49. The lowest BCUT2D eigenvalue weighted by molar-refractivity contribution is -0.140. The number of piperazine rings is 1. The molecule has 0 aromatic heterocycles. The second kappa shape index (κ2) is 6.96. The molecule has 138 valence electrons. The lowest BCUT2D eigenvalue weighted by atomic mass is 10.0. The minimum Gasteiger partial charge on any atom is -0.497 e. The zero-order valence-electron chi connectivity index (χ0n) is 15.0. The molecule has 0 spiro atoms. The fraction of sp³-hybridized carbons (Fsp3) is 0.611. The Bertz CT molecular complexity index is 747. The van der Waals surface area contributed by atoms with Crippen molar-refractivity contribution >= 4 is 15.7 Å². The SMILES string of the molecule is COc1cccc(CN2CCN(C(=O)C(C)C)[C@H]3CS(=O)(=O)C[C@H]32)c1. The van der Waals surface area contributed by atoms with Crippen LogP contribution in [0.4, 0.5) is 0 Å². The average Bonchev–Trinajstić information content (AvgIpc) is 2.90. The van der Waals surface area contributed by atoms with Crippen molar-refractivity contribution < 1.29 is 17.9 Å². The summed E-state index contributed by atoms with van der Waals surface area (Å²) < 4.78 is 29.8. The maximum Gasteiger partial charge on any atom is 0.225 e. The molecule has 3 rings (SSSR count). The van der Waals surface area contributed by atoms with Crippen molar-refractivity contribution in [2.24, 2.45) is 5.92 Å². The lowest BCUT2D eigenvalue weighted by Crippen LogP contribution is -2.60. The highest BCUT2D eigenvalue weighted by molar-refractivity contribution is 7.91. The summed E-state index contributed by atoms with van der Waals surface area (Å²) in [5.41, 5.74) is 1.09. The Labute approximate surface area is 149 Å². The van der Waals surface area contributed by atoms with Gasteiger partial charge >= 0.3 is 0 Å². The smallest absolute Gasteiger partial charge is 0.225 e. The van der Waals surface area contributed by atoms with E-state index in [1.54, 1.807) is 12.0 Å². The van der Waals surface area contributed by atoms with Crippen LogP contribution in [0, 0.1) is 5.92 Å². The van der Waals surface area contributed by atoms with Gasteiger partial charge in [0, 0.05) is 31.6 Å². The largest absolute Gasteiger partial charge is 0.497 e. The molecule has 1 amide bonds. The van der Waals surface area contributed by atoms with Crippen LogP contribution in [0.15, 0.2) is 24.3 Å². The van der Waals surface area contributed by atoms with E-state index in [1.807, 2.05) is 38.1 Å². The minimum atomic E-state index is -3.12. The van der Waals surface area contributed by atoms with Crippen molar-refractivity contribution in [3.05, 3.63) is 29.8 Å². The number of hydrogen-bond acceptors (Lipinski definition) is 5. The van der Waals surface area contributed by atoms with E-state index in [0.29, 0.717) is 19.6 Å². The van der Waals surface area contributed by atoms with Crippen molar-refractivity contribution in [3.63, 3.8) is 0 Å². The number of nitrogens with zero attached hydrogens (tertiary/aromatic N) is 2. The van der Waals surface area contributed by atoms with Gasteiger partial charge in [-0.15, -0.1) is 0 Å². The van der Waals surface area contributed by atoms with E-state index in [2.05, 4.69) is 4.90 Å². The highest BCUT2D eigenvalue weighted by atomic mass is 32.2. The number of ether oxygens (including phenoxy) is 1. The molecule has 0 unspecified atom stereocenters. The maximum atomic E-state index is 12.5. The number of amides is 1. The third-order valence-electron chi connectivity index (χ3n) is 5.09. The van der Waals surface area contributed by atoms with E-state index in [-0.39, 0.29) is 35.4 Å². The molecule has 1 aromatic carbocycles. The van der Waals surface area contributed by atoms with Crippen LogP contribution in [0.1, 0.15) is 19.4 Å². The van der Waals surface area contributed by atoms with Gasteiger partial charge in [-0.2, -0.15) is 0 Å². The van der Waals surface area contributed by atoms with Gasteiger partial charge in [0.2, 0.25) is 5.91 Å². The van der Waals surface area contributed by atoms with Crippen LogP contribution in [-0.2, 0) is 21.2 Å². The third kappa shape index (κ3) is 3.82. The van der Waals surface area contributed by atoms with Crippen molar-refractivity contribution in [2.75, 3.05) is 31.7 Å². The monoisotopic (exact) mass is 366 g/mol. The van der Waals surface area contributed by atoms with Crippen LogP contribution in [0.3, 0.4) is 0 Å². The van der Waals surface area contributed by atoms with Gasteiger partial charge in [-0.3, -0.25) is 9.69 Å². The van der Waals surface area contributed by atoms with Gasteiger partial charge < -0.3 is 9.64 Å². The van der Waals surface area contributed by atoms with E-state index in [4.69, 9.17) is 4.74 Å². The van der Waals surface area contributed by atoms with Crippen LogP contribution >= 0.6 is 0 Å². The van der Waals surface area contributed by atoms with Crippen LogP contribution in [0.2, 0.25) is 0 Å². The average molecular weight is 366 g/mol. The van der Waals surface area contributed by atoms with Gasteiger partial charge in [-0.05, 0) is 17.7 Å². The molecule has 0 N–H and O–H groups in total. The Balaban J connectivity index is 1.82. The number of hydrogen-bond donors (Lipinski definition) is 0. The van der Waals surface area contributed by atoms with E-state index in [9.17, 15) is 13.2 Å². The molecule has 2 fully saturated rings. The van der Waals surface area contributed by atoms with Gasteiger partial charge in [0.15, 0.2) is 9.84 Å². The van der Waals surface area contributed by atoms with Gasteiger partial charge in [0.05, 0.1) is 24.7 Å². The Morgan fingerprint density at radius 1 is 1.24 bits per heavy atom. The molecule has 2 aliphatic heterocycles. The minimum absolute atomic E-state index is 0.0492. The summed E-state index contributed by atoms with van der Waals surface area (Å²) in [4.78, 5) is 16.5. The van der Waals surface area contributed by atoms with Crippen LogP contribution in [-0.4, -0.2) is 67.9 Å². The fourth-order valence-electron chi connectivity index (χ4n) is 3.83. The maximum absolute atomic E-state index is 12.5. The van der Waals surface area contributed by atoms with Gasteiger partial charge in [0.1, 0.15) is 5.75 Å². The molecule has 2 heterocycles. The molecule has 25 heavy (non-hydrogen) atoms. The Kier molecular flexibility index (Phi) is 5.06. The number of rotatable bonds is 4. The fourth-order valence-corrected chi connectivity index (χ4v) is 5.84. The summed E-state index contributed by atoms with van der Waals surface area (Å²) in [6.45, 7) is 5.66. The van der Waals surface area contributed by atoms with Crippen molar-refractivity contribution in [3.8, 4) is 5.75 Å². The zero-order chi connectivity index (χ0) is 18.2. The van der Waals surface area contributed by atoms with Crippen LogP contribution in [0.5, 0.6) is 5.75 Å². The second-order valence-corrected chi connectivity index (χ2v) is 9.37. The molecular formula is C18H26N2O4S. The normalized spacial score (nSPS) is 25.8. The molecule has 2 atom stereocenters. The molecule has 0 radical (unpaired) electrons. The topological polar surface area (TPSA) is 66.9 Å². The highest BCUT2D eigenvalue weighted by Gasteiger charge is 2.48. The molecule has 0 aliphatic carbocycles. The first-order valence-corrected chi connectivity index (χ1v) is 10.5. The quantitative estimate of drug-likeness (QED) is 0.800. The van der Waals surface area contributed by atoms with Crippen molar-refractivity contribution in [1.29, 1.82) is 0 Å². The van der Waals surface area contributed by atoms with Gasteiger partial charge in [-0.25, -0.2) is 8.42 Å². The number of sulfone groups is 1. The molecule has 2 saturated heterocycles. The lowest BCUT2D eigenvalue weighted by Gasteiger charge is -2.44. The van der Waals surface area contributed by atoms with Crippen LogP contribution in [0.25, 0.3) is 0 Å². The standard InChI is InChI=1S/C18H26N2O4S/c1-13(2)18(21)20-8-7-19(16-11-25(22,23)12-17(16)20)10-14-5-4-6-15(9-14)24-3/h4-6,9,13,16-17H,7-8,10-12H2,1-3H3/t16-,17+/m1/s1. The van der Waals surface area contributed by atoms with Gasteiger partial charge in [0.25, 0.3) is 0 Å². The Morgan fingerprint density at radius 2 is 1.96 bits per heavy atom. The first-order chi connectivity index (χ1) is 11.8. The molecule has 1 aromatic rings. The Hall–Kier alpha value is -1.60. The highest BCUT2D eigenvalue weighted by Crippen LogP contribution is 2.29. The summed E-state index contributed by atoms with van der Waals surface area (Å²) in [6.07, 6.45) is 0. The summed E-state index contributed by atoms with van der Waals surface area (Å²) >= 11 is 0. The van der Waals surface area contributed by atoms with Crippen molar-refractivity contribution in [2.45, 2.75) is 32.5 Å².